The van der Waals surface area contributed by atoms with Crippen molar-refractivity contribution in [3.63, 3.8) is 0 Å². The summed E-state index contributed by atoms with van der Waals surface area (Å²) in [5, 5.41) is 3.29. The van der Waals surface area contributed by atoms with E-state index in [1.807, 2.05) is 48.5 Å². The summed E-state index contributed by atoms with van der Waals surface area (Å²) in [7, 11) is -2.09. The van der Waals surface area contributed by atoms with Crippen molar-refractivity contribution in [3.8, 4) is 5.75 Å². The maximum Gasteiger partial charge on any atom is 0.256 e. The molecule has 0 spiro atoms. The summed E-state index contributed by atoms with van der Waals surface area (Å²) >= 11 is 0. The summed E-state index contributed by atoms with van der Waals surface area (Å²) in [6.45, 7) is 1.14. The molecule has 32 heavy (non-hydrogen) atoms. The van der Waals surface area contributed by atoms with Crippen LogP contribution in [0.1, 0.15) is 10.4 Å². The van der Waals surface area contributed by atoms with Gasteiger partial charge in [-0.1, -0.05) is 30.3 Å². The highest BCUT2D eigenvalue weighted by atomic mass is 32.2. The lowest BCUT2D eigenvalue weighted by atomic mass is 10.1. The first-order valence-corrected chi connectivity index (χ1v) is 11.8. The molecular weight excluding hydrogens is 426 g/mol. The van der Waals surface area contributed by atoms with E-state index in [4.69, 9.17) is 4.74 Å². The van der Waals surface area contributed by atoms with Gasteiger partial charge in [0, 0.05) is 31.9 Å². The number of carbonyl (C=O) groups is 1. The number of anilines is 2. The molecule has 1 aliphatic heterocycles. The Kier molecular flexibility index (Phi) is 6.43. The quantitative estimate of drug-likeness (QED) is 0.620. The van der Waals surface area contributed by atoms with E-state index in [1.54, 1.807) is 23.1 Å². The summed E-state index contributed by atoms with van der Waals surface area (Å²) in [4.78, 5) is 15.1. The van der Waals surface area contributed by atoms with Crippen molar-refractivity contribution in [3.05, 3.63) is 84.4 Å². The Morgan fingerprint density at radius 1 is 0.844 bits per heavy atom. The summed E-state index contributed by atoms with van der Waals surface area (Å²) in [6.07, 6.45) is 0. The van der Waals surface area contributed by atoms with Crippen molar-refractivity contribution >= 4 is 27.3 Å². The van der Waals surface area contributed by atoms with Crippen LogP contribution in [0.4, 0.5) is 11.4 Å². The van der Waals surface area contributed by atoms with Crippen molar-refractivity contribution in [2.24, 2.45) is 0 Å². The molecule has 0 aromatic heterocycles. The van der Waals surface area contributed by atoms with Gasteiger partial charge in [-0.3, -0.25) is 4.79 Å². The smallest absolute Gasteiger partial charge is 0.256 e. The van der Waals surface area contributed by atoms with Crippen molar-refractivity contribution in [1.29, 1.82) is 0 Å². The molecule has 1 heterocycles. The van der Waals surface area contributed by atoms with Crippen LogP contribution in [0.2, 0.25) is 0 Å². The molecule has 1 saturated heterocycles. The second kappa shape index (κ2) is 9.42. The van der Waals surface area contributed by atoms with Gasteiger partial charge in [-0.15, -0.1) is 0 Å². The number of methoxy groups -OCH3 is 1. The Labute approximate surface area is 188 Å². The third kappa shape index (κ3) is 4.61. The summed E-state index contributed by atoms with van der Waals surface area (Å²) in [5.41, 5.74) is 2.17. The molecule has 3 aromatic rings. The maximum atomic E-state index is 13.2. The van der Waals surface area contributed by atoms with Gasteiger partial charge in [0.15, 0.2) is 0 Å². The van der Waals surface area contributed by atoms with Gasteiger partial charge in [0.25, 0.3) is 5.91 Å². The van der Waals surface area contributed by atoms with Gasteiger partial charge in [-0.25, -0.2) is 8.42 Å². The average molecular weight is 452 g/mol. The molecule has 1 aliphatic rings. The van der Waals surface area contributed by atoms with Crippen LogP contribution >= 0.6 is 0 Å². The van der Waals surface area contributed by atoms with E-state index in [1.165, 1.54) is 23.5 Å². The van der Waals surface area contributed by atoms with Gasteiger partial charge >= 0.3 is 0 Å². The molecule has 1 fully saturated rings. The lowest BCUT2D eigenvalue weighted by Crippen LogP contribution is -2.50. The highest BCUT2D eigenvalue weighted by Crippen LogP contribution is 2.24. The second-order valence-corrected chi connectivity index (χ2v) is 9.35. The Hall–Kier alpha value is -3.36. The molecule has 0 saturated carbocycles. The Bertz CT molecular complexity index is 1170. The number of nitrogens with one attached hydrogen (secondary N) is 1. The van der Waals surface area contributed by atoms with Gasteiger partial charge in [0.1, 0.15) is 5.75 Å². The van der Waals surface area contributed by atoms with Crippen molar-refractivity contribution in [2.45, 2.75) is 4.90 Å². The molecule has 1 amide bonds. The molecule has 1 N–H and O–H groups in total. The lowest BCUT2D eigenvalue weighted by Gasteiger charge is -2.34. The molecular formula is C24H25N3O4S. The highest BCUT2D eigenvalue weighted by molar-refractivity contribution is 7.89. The van der Waals surface area contributed by atoms with E-state index >= 15 is 0 Å². The number of hydrogen-bond acceptors (Lipinski definition) is 5. The number of amides is 1. The fourth-order valence-corrected chi connectivity index (χ4v) is 5.08. The first-order chi connectivity index (χ1) is 15.5. The van der Waals surface area contributed by atoms with Crippen molar-refractivity contribution < 1.29 is 17.9 Å². The number of sulfonamides is 1. The zero-order valence-corrected chi connectivity index (χ0v) is 18.6. The van der Waals surface area contributed by atoms with Gasteiger partial charge in [-0.2, -0.15) is 4.31 Å². The monoisotopic (exact) mass is 451 g/mol. The fourth-order valence-electron chi connectivity index (χ4n) is 3.65. The Morgan fingerprint density at radius 2 is 1.47 bits per heavy atom. The number of para-hydroxylation sites is 2. The zero-order valence-electron chi connectivity index (χ0n) is 17.8. The average Bonchev–Trinajstić information content (AvgIpc) is 2.85. The zero-order chi connectivity index (χ0) is 22.6. The largest absolute Gasteiger partial charge is 0.497 e. The third-order valence-corrected chi connectivity index (χ3v) is 7.35. The molecule has 4 rings (SSSR count). The predicted molar refractivity (Wildman–Crippen MR) is 124 cm³/mol. The van der Waals surface area contributed by atoms with Gasteiger partial charge < -0.3 is 15.0 Å². The van der Waals surface area contributed by atoms with Gasteiger partial charge in [-0.05, 0) is 48.5 Å². The van der Waals surface area contributed by atoms with Crippen molar-refractivity contribution in [2.75, 3.05) is 38.6 Å². The number of nitrogens with zero attached hydrogens (tertiary/aromatic N) is 2. The third-order valence-electron chi connectivity index (χ3n) is 5.43. The normalized spacial score (nSPS) is 14.7. The van der Waals surface area contributed by atoms with E-state index in [0.29, 0.717) is 24.4 Å². The minimum Gasteiger partial charge on any atom is -0.497 e. The highest BCUT2D eigenvalue weighted by Gasteiger charge is 2.31. The van der Waals surface area contributed by atoms with E-state index in [-0.39, 0.29) is 23.9 Å². The van der Waals surface area contributed by atoms with Crippen LogP contribution in [0.5, 0.6) is 5.75 Å². The number of piperazine rings is 1. The van der Waals surface area contributed by atoms with Crippen LogP contribution in [-0.4, -0.2) is 56.8 Å². The van der Waals surface area contributed by atoms with E-state index in [9.17, 15) is 13.2 Å². The predicted octanol–water partition coefficient (Wildman–Crippen LogP) is 3.59. The number of hydrogen-bond donors (Lipinski definition) is 1. The van der Waals surface area contributed by atoms with Crippen LogP contribution in [0.3, 0.4) is 0 Å². The topological polar surface area (TPSA) is 79.0 Å². The molecule has 0 unspecified atom stereocenters. The first kappa shape index (κ1) is 21.9. The van der Waals surface area contributed by atoms with Gasteiger partial charge in [0.2, 0.25) is 10.0 Å². The first-order valence-electron chi connectivity index (χ1n) is 10.3. The molecule has 7 nitrogen and oxygen atoms in total. The number of carbonyl (C=O) groups excluding carboxylic acids is 1. The fraction of sp³-hybridized carbons (Fsp3) is 0.208. The van der Waals surface area contributed by atoms with Crippen LogP contribution in [-0.2, 0) is 10.0 Å². The van der Waals surface area contributed by atoms with Crippen molar-refractivity contribution in [1.82, 2.24) is 9.21 Å². The van der Waals surface area contributed by atoms with Crippen LogP contribution in [0.25, 0.3) is 0 Å². The molecule has 0 bridgehead atoms. The summed E-state index contributed by atoms with van der Waals surface area (Å²) in [5.74, 6) is 0.479. The maximum absolute atomic E-state index is 13.2. The number of rotatable bonds is 6. The standard InChI is InChI=1S/C24H25N3O4S/c1-31-20-11-13-21(14-12-20)32(29,30)27-17-15-26(16-18-27)24(28)22-9-5-6-10-23(22)25-19-7-3-2-4-8-19/h2-14,25H,15-18H2,1H3. The molecule has 0 atom stereocenters. The molecule has 166 valence electrons. The summed E-state index contributed by atoms with van der Waals surface area (Å²) < 4.78 is 32.4. The van der Waals surface area contributed by atoms with E-state index in [0.717, 1.165) is 11.4 Å². The molecule has 0 radical (unpaired) electrons. The SMILES string of the molecule is COc1ccc(S(=O)(=O)N2CCN(C(=O)c3ccccc3Nc3ccccc3)CC2)cc1. The molecule has 8 heteroatoms. The van der Waals surface area contributed by atoms with Gasteiger partial charge in [0.05, 0.1) is 23.3 Å². The molecule has 3 aromatic carbocycles. The Morgan fingerprint density at radius 3 is 2.12 bits per heavy atom. The second-order valence-electron chi connectivity index (χ2n) is 7.41. The van der Waals surface area contributed by atoms with Crippen LogP contribution < -0.4 is 10.1 Å². The van der Waals surface area contributed by atoms with E-state index in [2.05, 4.69) is 5.32 Å². The minimum absolute atomic E-state index is 0.120. The minimum atomic E-state index is -3.62. The summed E-state index contributed by atoms with van der Waals surface area (Å²) in [6, 6.07) is 23.3. The Balaban J connectivity index is 1.45. The molecule has 0 aliphatic carbocycles. The van der Waals surface area contributed by atoms with Crippen LogP contribution in [0.15, 0.2) is 83.8 Å². The lowest BCUT2D eigenvalue weighted by molar-refractivity contribution is 0.0699. The van der Waals surface area contributed by atoms with E-state index < -0.39 is 10.0 Å². The number of ether oxygens (including phenoxy) is 1. The number of benzene rings is 3. The van der Waals surface area contributed by atoms with Crippen LogP contribution in [0, 0.1) is 0 Å².